The molecular weight excluding hydrogens is 348 g/mol. The molecule has 2 atom stereocenters. The van der Waals surface area contributed by atoms with Crippen LogP contribution in [0.1, 0.15) is 55.9 Å². The lowest BCUT2D eigenvalue weighted by Gasteiger charge is -2.46. The fourth-order valence-corrected chi connectivity index (χ4v) is 3.73. The average molecular weight is 374 g/mol. The number of nitrogens with one attached hydrogen (secondary N) is 2. The van der Waals surface area contributed by atoms with Crippen molar-refractivity contribution in [2.24, 2.45) is 0 Å². The van der Waals surface area contributed by atoms with Gasteiger partial charge in [0.05, 0.1) is 23.1 Å². The van der Waals surface area contributed by atoms with Crippen molar-refractivity contribution in [3.8, 4) is 6.07 Å². The third-order valence-corrected chi connectivity index (χ3v) is 5.59. The van der Waals surface area contributed by atoms with Crippen molar-refractivity contribution < 1.29 is 4.79 Å². The van der Waals surface area contributed by atoms with Gasteiger partial charge in [0, 0.05) is 7.05 Å². The summed E-state index contributed by atoms with van der Waals surface area (Å²) < 4.78 is 0. The summed E-state index contributed by atoms with van der Waals surface area (Å²) in [6.07, 6.45) is 0. The normalized spacial score (nSPS) is 22.6. The van der Waals surface area contributed by atoms with E-state index in [1.54, 1.807) is 19.2 Å². The van der Waals surface area contributed by atoms with Gasteiger partial charge >= 0.3 is 0 Å². The number of amides is 1. The largest absolute Gasteiger partial charge is 0.346 e. The van der Waals surface area contributed by atoms with Gasteiger partial charge in [0.2, 0.25) is 5.91 Å². The molecule has 28 heavy (non-hydrogen) atoms. The summed E-state index contributed by atoms with van der Waals surface area (Å²) in [5.74, 6) is -0.549. The lowest BCUT2D eigenvalue weighted by atomic mass is 9.73. The first kappa shape index (κ1) is 19.6. The zero-order valence-corrected chi connectivity index (χ0v) is 17.0. The molecule has 2 aromatic rings. The topological polar surface area (TPSA) is 80.0 Å². The van der Waals surface area contributed by atoms with E-state index >= 15 is 0 Å². The van der Waals surface area contributed by atoms with E-state index in [1.165, 1.54) is 10.5 Å². The van der Waals surface area contributed by atoms with Crippen molar-refractivity contribution in [1.29, 1.82) is 10.7 Å². The Bertz CT molecular complexity index is 948. The lowest BCUT2D eigenvalue weighted by molar-refractivity contribution is -0.131. The Morgan fingerprint density at radius 2 is 1.68 bits per heavy atom. The molecule has 1 saturated heterocycles. The second-order valence-corrected chi connectivity index (χ2v) is 8.57. The molecule has 144 valence electrons. The fourth-order valence-electron chi connectivity index (χ4n) is 3.73. The molecule has 1 heterocycles. The molecule has 1 fully saturated rings. The number of carbonyl (C=O) groups excluding carboxylic acids is 1. The van der Waals surface area contributed by atoms with Crippen molar-refractivity contribution in [2.45, 2.75) is 44.6 Å². The van der Waals surface area contributed by atoms with Gasteiger partial charge in [0.1, 0.15) is 0 Å². The van der Waals surface area contributed by atoms with Gasteiger partial charge < -0.3 is 5.32 Å². The van der Waals surface area contributed by atoms with Crippen LogP contribution in [0.25, 0.3) is 0 Å². The van der Waals surface area contributed by atoms with Crippen LogP contribution in [-0.4, -0.2) is 23.8 Å². The first-order chi connectivity index (χ1) is 13.1. The Morgan fingerprint density at radius 3 is 2.18 bits per heavy atom. The molecule has 1 amide bonds. The lowest BCUT2D eigenvalue weighted by Crippen LogP contribution is -2.62. The summed E-state index contributed by atoms with van der Waals surface area (Å²) >= 11 is 0. The number of likely N-dealkylation sites (N-methyl/N-ethyl adjacent to an activating group) is 1. The van der Waals surface area contributed by atoms with Crippen molar-refractivity contribution in [1.82, 2.24) is 10.2 Å². The zero-order chi connectivity index (χ0) is 20.7. The van der Waals surface area contributed by atoms with Crippen molar-refractivity contribution in [2.75, 3.05) is 7.05 Å². The minimum Gasteiger partial charge on any atom is -0.346 e. The molecular formula is C23H26N4O. The third-order valence-electron chi connectivity index (χ3n) is 5.59. The van der Waals surface area contributed by atoms with Crippen LogP contribution in [0.4, 0.5) is 0 Å². The Hall–Kier alpha value is -3.13. The minimum atomic E-state index is -0.794. The predicted molar refractivity (Wildman–Crippen MR) is 110 cm³/mol. The van der Waals surface area contributed by atoms with Crippen LogP contribution in [0.15, 0.2) is 48.5 Å². The Balaban J connectivity index is 2.11. The molecule has 5 nitrogen and oxygen atoms in total. The van der Waals surface area contributed by atoms with E-state index in [-0.39, 0.29) is 17.3 Å². The van der Waals surface area contributed by atoms with E-state index in [0.717, 1.165) is 11.1 Å². The summed E-state index contributed by atoms with van der Waals surface area (Å²) in [5, 5.41) is 20.5. The van der Waals surface area contributed by atoms with Crippen LogP contribution in [0.3, 0.4) is 0 Å². The van der Waals surface area contributed by atoms with Crippen LogP contribution in [-0.2, 0) is 15.7 Å². The van der Waals surface area contributed by atoms with Gasteiger partial charge in [0.15, 0.2) is 5.96 Å². The van der Waals surface area contributed by atoms with E-state index < -0.39 is 11.5 Å². The van der Waals surface area contributed by atoms with E-state index in [0.29, 0.717) is 5.56 Å². The van der Waals surface area contributed by atoms with E-state index in [1.807, 2.05) is 31.2 Å². The van der Waals surface area contributed by atoms with E-state index in [2.05, 4.69) is 44.3 Å². The summed E-state index contributed by atoms with van der Waals surface area (Å²) in [7, 11) is 1.62. The average Bonchev–Trinajstić information content (AvgIpc) is 2.66. The monoisotopic (exact) mass is 374 g/mol. The van der Waals surface area contributed by atoms with Gasteiger partial charge in [-0.3, -0.25) is 15.1 Å². The molecule has 2 aromatic carbocycles. The summed E-state index contributed by atoms with van der Waals surface area (Å²) in [4.78, 5) is 14.6. The Morgan fingerprint density at radius 1 is 1.11 bits per heavy atom. The summed E-state index contributed by atoms with van der Waals surface area (Å²) in [5.41, 5.74) is 2.77. The van der Waals surface area contributed by atoms with Gasteiger partial charge in [-0.2, -0.15) is 5.26 Å². The van der Waals surface area contributed by atoms with Crippen molar-refractivity contribution in [3.05, 3.63) is 70.8 Å². The van der Waals surface area contributed by atoms with Gasteiger partial charge in [0.25, 0.3) is 0 Å². The number of nitrogens with zero attached hydrogens (tertiary/aromatic N) is 2. The summed E-state index contributed by atoms with van der Waals surface area (Å²) in [6.45, 7) is 8.41. The third kappa shape index (κ3) is 3.27. The molecule has 5 heteroatoms. The van der Waals surface area contributed by atoms with Crippen LogP contribution in [0.5, 0.6) is 0 Å². The van der Waals surface area contributed by atoms with Gasteiger partial charge in [-0.05, 0) is 41.2 Å². The first-order valence-corrected chi connectivity index (χ1v) is 9.33. The molecule has 0 saturated carbocycles. The van der Waals surface area contributed by atoms with Crippen LogP contribution in [0, 0.1) is 16.7 Å². The maximum Gasteiger partial charge on any atom is 0.239 e. The zero-order valence-electron chi connectivity index (χ0n) is 17.0. The second kappa shape index (κ2) is 6.79. The van der Waals surface area contributed by atoms with Crippen LogP contribution in [0.2, 0.25) is 0 Å². The molecule has 0 bridgehead atoms. The van der Waals surface area contributed by atoms with Gasteiger partial charge in [-0.25, -0.2) is 0 Å². The number of carbonyl (C=O) groups is 1. The molecule has 2 N–H and O–H groups in total. The van der Waals surface area contributed by atoms with Gasteiger partial charge in [-0.15, -0.1) is 0 Å². The molecule has 1 unspecified atom stereocenters. The molecule has 0 spiro atoms. The van der Waals surface area contributed by atoms with E-state index in [9.17, 15) is 4.79 Å². The number of guanidine groups is 1. The van der Waals surface area contributed by atoms with Crippen molar-refractivity contribution in [3.63, 3.8) is 0 Å². The number of rotatable bonds is 2. The Labute approximate surface area is 166 Å². The van der Waals surface area contributed by atoms with Gasteiger partial charge in [-0.1, -0.05) is 57.2 Å². The molecule has 0 radical (unpaired) electrons. The van der Waals surface area contributed by atoms with Crippen molar-refractivity contribution >= 4 is 11.9 Å². The number of benzene rings is 2. The molecule has 0 aliphatic carbocycles. The summed E-state index contributed by atoms with van der Waals surface area (Å²) in [6, 6.07) is 17.5. The molecule has 1 aliphatic rings. The van der Waals surface area contributed by atoms with E-state index in [4.69, 9.17) is 10.7 Å². The smallest absolute Gasteiger partial charge is 0.239 e. The van der Waals surface area contributed by atoms with Crippen LogP contribution >= 0.6 is 0 Å². The molecule has 3 rings (SSSR count). The highest BCUT2D eigenvalue weighted by Gasteiger charge is 2.48. The Kier molecular flexibility index (Phi) is 4.76. The highest BCUT2D eigenvalue weighted by molar-refractivity contribution is 6.02. The highest BCUT2D eigenvalue weighted by atomic mass is 16.2. The second-order valence-electron chi connectivity index (χ2n) is 8.57. The molecule has 1 aliphatic heterocycles. The maximum absolute atomic E-state index is 13.2. The SMILES string of the molecule is CN1C(=N)N[C@](C)(c2ccc(C#N)cc2)C(c2ccc(C(C)(C)C)cc2)C1=O. The minimum absolute atomic E-state index is 0.0305. The number of hydrogen-bond acceptors (Lipinski definition) is 3. The highest BCUT2D eigenvalue weighted by Crippen LogP contribution is 2.41. The maximum atomic E-state index is 13.2. The fraction of sp³-hybridized carbons (Fsp3) is 0.348. The number of hydrogen-bond donors (Lipinski definition) is 2. The number of nitriles is 1. The first-order valence-electron chi connectivity index (χ1n) is 9.33. The van der Waals surface area contributed by atoms with Crippen LogP contribution < -0.4 is 5.32 Å². The standard InChI is InChI=1S/C23H26N4O/c1-22(2,3)17-12-8-16(9-13-17)19-20(28)27(5)21(25)26-23(19,4)18-10-6-15(14-24)7-11-18/h6-13,19H,1-5H3,(H2,25,26)/t19?,23-/m1/s1. The quantitative estimate of drug-likeness (QED) is 0.838. The molecule has 0 aromatic heterocycles. The predicted octanol–water partition coefficient (Wildman–Crippen LogP) is 3.85.